The van der Waals surface area contributed by atoms with E-state index in [1.165, 1.54) is 17.0 Å². The van der Waals surface area contributed by atoms with Crippen molar-refractivity contribution in [2.45, 2.75) is 13.3 Å². The third kappa shape index (κ3) is 5.61. The van der Waals surface area contributed by atoms with Gasteiger partial charge in [-0.1, -0.05) is 34.8 Å². The summed E-state index contributed by atoms with van der Waals surface area (Å²) in [7, 11) is 0. The van der Waals surface area contributed by atoms with Crippen LogP contribution in [0.3, 0.4) is 0 Å². The second-order valence-electron chi connectivity index (χ2n) is 4.09. The molecule has 8 heteroatoms. The number of rotatable bonds is 7. The van der Waals surface area contributed by atoms with Crippen LogP contribution in [0, 0.1) is 0 Å². The molecular formula is C13H14Cl3NO4. The molecule has 1 rings (SSSR count). The van der Waals surface area contributed by atoms with Crippen LogP contribution < -0.4 is 4.90 Å². The molecule has 0 aliphatic carbocycles. The van der Waals surface area contributed by atoms with Crippen molar-refractivity contribution in [2.75, 3.05) is 24.6 Å². The van der Waals surface area contributed by atoms with Crippen LogP contribution in [-0.2, 0) is 14.3 Å². The topological polar surface area (TPSA) is 66.8 Å². The predicted octanol–water partition coefficient (Wildman–Crippen LogP) is 3.49. The lowest BCUT2D eigenvalue weighted by Gasteiger charge is -2.24. The van der Waals surface area contributed by atoms with Crippen molar-refractivity contribution in [1.82, 2.24) is 0 Å². The number of carboxylic acid groups (broad SMARTS) is 1. The smallest absolute Gasteiger partial charge is 0.323 e. The second-order valence-corrected chi connectivity index (χ2v) is 5.34. The Hall–Kier alpha value is -1.17. The Kier molecular flexibility index (Phi) is 7.08. The van der Waals surface area contributed by atoms with Crippen molar-refractivity contribution in [3.63, 3.8) is 0 Å². The number of halogens is 3. The Bertz CT molecular complexity index is 513. The van der Waals surface area contributed by atoms with Gasteiger partial charge in [-0.05, 0) is 19.1 Å². The normalized spacial score (nSPS) is 10.3. The largest absolute Gasteiger partial charge is 0.480 e. The predicted molar refractivity (Wildman–Crippen MR) is 82.6 cm³/mol. The molecule has 0 unspecified atom stereocenters. The highest BCUT2D eigenvalue weighted by molar-refractivity contribution is 6.41. The molecule has 0 atom stereocenters. The van der Waals surface area contributed by atoms with Crippen molar-refractivity contribution in [3.05, 3.63) is 27.2 Å². The van der Waals surface area contributed by atoms with E-state index in [4.69, 9.17) is 44.6 Å². The van der Waals surface area contributed by atoms with E-state index in [-0.39, 0.29) is 36.2 Å². The molecule has 0 saturated carbocycles. The number of benzene rings is 1. The number of ether oxygens (including phenoxy) is 1. The van der Waals surface area contributed by atoms with Crippen LogP contribution in [0.1, 0.15) is 13.3 Å². The van der Waals surface area contributed by atoms with E-state index in [1.54, 1.807) is 6.92 Å². The Morgan fingerprint density at radius 3 is 2.29 bits per heavy atom. The highest BCUT2D eigenvalue weighted by Gasteiger charge is 2.19. The number of esters is 1. The second kappa shape index (κ2) is 8.32. The summed E-state index contributed by atoms with van der Waals surface area (Å²) in [6.45, 7) is 1.73. The minimum Gasteiger partial charge on any atom is -0.480 e. The third-order valence-electron chi connectivity index (χ3n) is 2.52. The monoisotopic (exact) mass is 353 g/mol. The number of hydrogen-bond donors (Lipinski definition) is 1. The fourth-order valence-corrected chi connectivity index (χ4v) is 2.79. The van der Waals surface area contributed by atoms with E-state index in [2.05, 4.69) is 0 Å². The molecule has 0 spiro atoms. The summed E-state index contributed by atoms with van der Waals surface area (Å²) in [6, 6.07) is 2.92. The Balaban J connectivity index is 2.97. The van der Waals surface area contributed by atoms with E-state index in [1.807, 2.05) is 0 Å². The van der Waals surface area contributed by atoms with Gasteiger partial charge >= 0.3 is 11.9 Å². The fourth-order valence-electron chi connectivity index (χ4n) is 1.73. The summed E-state index contributed by atoms with van der Waals surface area (Å²) in [5.74, 6) is -1.49. The Labute approximate surface area is 137 Å². The number of nitrogens with zero attached hydrogens (tertiary/aromatic N) is 1. The zero-order valence-corrected chi connectivity index (χ0v) is 13.5. The first-order valence-corrected chi connectivity index (χ1v) is 7.25. The quantitative estimate of drug-likeness (QED) is 0.759. The minimum atomic E-state index is -1.07. The third-order valence-corrected chi connectivity index (χ3v) is 3.31. The van der Waals surface area contributed by atoms with Gasteiger partial charge in [0.15, 0.2) is 0 Å². The summed E-state index contributed by atoms with van der Waals surface area (Å²) in [4.78, 5) is 23.8. The van der Waals surface area contributed by atoms with Crippen LogP contribution in [0.5, 0.6) is 0 Å². The zero-order valence-electron chi connectivity index (χ0n) is 11.2. The average Bonchev–Trinajstić information content (AvgIpc) is 2.34. The van der Waals surface area contributed by atoms with Gasteiger partial charge in [0.2, 0.25) is 0 Å². The van der Waals surface area contributed by atoms with E-state index in [9.17, 15) is 9.59 Å². The lowest BCUT2D eigenvalue weighted by Crippen LogP contribution is -2.32. The molecule has 0 amide bonds. The SMILES string of the molecule is CCOC(=O)CCN(CC(=O)O)c1c(Cl)cc(Cl)cc1Cl. The first kappa shape index (κ1) is 17.9. The maximum Gasteiger partial charge on any atom is 0.323 e. The first-order valence-electron chi connectivity index (χ1n) is 6.12. The molecule has 0 aromatic heterocycles. The minimum absolute atomic E-state index is 0.0242. The van der Waals surface area contributed by atoms with Crippen LogP contribution >= 0.6 is 34.8 Å². The summed E-state index contributed by atoms with van der Waals surface area (Å²) < 4.78 is 4.81. The van der Waals surface area contributed by atoms with Crippen molar-refractivity contribution < 1.29 is 19.4 Å². The van der Waals surface area contributed by atoms with Crippen LogP contribution in [0.15, 0.2) is 12.1 Å². The van der Waals surface area contributed by atoms with Crippen LogP contribution in [0.25, 0.3) is 0 Å². The number of anilines is 1. The summed E-state index contributed by atoms with van der Waals surface area (Å²) in [5.41, 5.74) is 0.328. The van der Waals surface area contributed by atoms with Gasteiger partial charge in [0.1, 0.15) is 6.54 Å². The van der Waals surface area contributed by atoms with Crippen molar-refractivity contribution in [3.8, 4) is 0 Å². The Morgan fingerprint density at radius 1 is 1.24 bits per heavy atom. The van der Waals surface area contributed by atoms with Gasteiger partial charge in [-0.3, -0.25) is 9.59 Å². The first-order chi connectivity index (χ1) is 9.85. The fraction of sp³-hybridized carbons (Fsp3) is 0.385. The van der Waals surface area contributed by atoms with Crippen LogP contribution in [0.2, 0.25) is 15.1 Å². The molecule has 0 fully saturated rings. The number of carboxylic acids is 1. The number of carbonyl (C=O) groups excluding carboxylic acids is 1. The van der Waals surface area contributed by atoms with Gasteiger partial charge in [0.25, 0.3) is 0 Å². The molecule has 0 aliphatic heterocycles. The molecule has 5 nitrogen and oxygen atoms in total. The van der Waals surface area contributed by atoms with E-state index < -0.39 is 11.9 Å². The molecular weight excluding hydrogens is 341 g/mol. The van der Waals surface area contributed by atoms with Gasteiger partial charge in [-0.25, -0.2) is 0 Å². The lowest BCUT2D eigenvalue weighted by atomic mass is 10.2. The number of carbonyl (C=O) groups is 2. The van der Waals surface area contributed by atoms with Crippen LogP contribution in [0.4, 0.5) is 5.69 Å². The van der Waals surface area contributed by atoms with E-state index in [0.717, 1.165) is 0 Å². The van der Waals surface area contributed by atoms with Crippen molar-refractivity contribution in [2.24, 2.45) is 0 Å². The van der Waals surface area contributed by atoms with Gasteiger partial charge in [0.05, 0.1) is 28.8 Å². The molecule has 0 heterocycles. The van der Waals surface area contributed by atoms with Crippen LogP contribution in [-0.4, -0.2) is 36.7 Å². The number of hydrogen-bond acceptors (Lipinski definition) is 4. The molecule has 0 saturated heterocycles. The summed E-state index contributed by atoms with van der Waals surface area (Å²) in [6.07, 6.45) is 0.0242. The summed E-state index contributed by atoms with van der Waals surface area (Å²) in [5, 5.41) is 9.76. The average molecular weight is 355 g/mol. The molecule has 1 N–H and O–H groups in total. The lowest BCUT2D eigenvalue weighted by molar-refractivity contribution is -0.143. The molecule has 1 aromatic carbocycles. The molecule has 0 radical (unpaired) electrons. The van der Waals surface area contributed by atoms with Crippen molar-refractivity contribution in [1.29, 1.82) is 0 Å². The number of aliphatic carboxylic acids is 1. The molecule has 116 valence electrons. The highest BCUT2D eigenvalue weighted by Crippen LogP contribution is 2.36. The Morgan fingerprint density at radius 2 is 1.81 bits per heavy atom. The van der Waals surface area contributed by atoms with E-state index in [0.29, 0.717) is 10.7 Å². The molecule has 1 aromatic rings. The maximum absolute atomic E-state index is 11.4. The standard InChI is InChI=1S/C13H14Cl3NO4/c1-2-21-12(20)3-4-17(7-11(18)19)13-9(15)5-8(14)6-10(13)16/h5-6H,2-4,7H2,1H3,(H,18,19). The van der Waals surface area contributed by atoms with Gasteiger partial charge in [0, 0.05) is 11.6 Å². The zero-order chi connectivity index (χ0) is 16.0. The van der Waals surface area contributed by atoms with E-state index >= 15 is 0 Å². The van der Waals surface area contributed by atoms with Gasteiger partial charge in [-0.15, -0.1) is 0 Å². The highest BCUT2D eigenvalue weighted by atomic mass is 35.5. The van der Waals surface area contributed by atoms with Gasteiger partial charge in [-0.2, -0.15) is 0 Å². The molecule has 0 bridgehead atoms. The molecule has 21 heavy (non-hydrogen) atoms. The van der Waals surface area contributed by atoms with Gasteiger partial charge < -0.3 is 14.7 Å². The maximum atomic E-state index is 11.4. The molecule has 0 aliphatic rings. The summed E-state index contributed by atoms with van der Waals surface area (Å²) >= 11 is 18.0. The van der Waals surface area contributed by atoms with Crippen molar-refractivity contribution >= 4 is 52.4 Å².